The topological polar surface area (TPSA) is 43.3 Å². The second kappa shape index (κ2) is 9.05. The van der Waals surface area contributed by atoms with Crippen molar-refractivity contribution in [2.75, 3.05) is 0 Å². The number of carbonyl (C=O) groups is 1. The summed E-state index contributed by atoms with van der Waals surface area (Å²) in [7, 11) is 0. The Balaban J connectivity index is 1.17. The van der Waals surface area contributed by atoms with Crippen LogP contribution < -0.4 is 10.1 Å². The second-order valence-corrected chi connectivity index (χ2v) is 9.18. The van der Waals surface area contributed by atoms with Crippen molar-refractivity contribution >= 4 is 17.2 Å². The lowest BCUT2D eigenvalue weighted by atomic mass is 10.1. The van der Waals surface area contributed by atoms with Crippen molar-refractivity contribution in [2.45, 2.75) is 38.8 Å². The number of thiophene rings is 1. The van der Waals surface area contributed by atoms with Crippen LogP contribution in [0.15, 0.2) is 78.4 Å². The highest BCUT2D eigenvalue weighted by atomic mass is 32.1. The highest BCUT2D eigenvalue weighted by molar-refractivity contribution is 7.12. The molecule has 2 aromatic heterocycles. The molecule has 4 nitrogen and oxygen atoms in total. The maximum absolute atomic E-state index is 12.8. The van der Waals surface area contributed by atoms with E-state index in [-0.39, 0.29) is 11.9 Å². The number of nitrogens with one attached hydrogen (secondary N) is 1. The van der Waals surface area contributed by atoms with Crippen LogP contribution in [-0.2, 0) is 19.4 Å². The standard InChI is InChI=1S/C27H26N2O2S/c1-19(21-7-10-24(11-8-21)29-13-2-3-14-29)28-27(30)26-15-20(18-32-26)17-31-25-12-9-22-5-4-6-23(22)16-25/h2-3,7-16,18-19H,4-6,17H2,1H3,(H,28,30). The first-order valence-electron chi connectivity index (χ1n) is 11.0. The van der Waals surface area contributed by atoms with E-state index >= 15 is 0 Å². The molecule has 0 radical (unpaired) electrons. The van der Waals surface area contributed by atoms with E-state index in [1.165, 1.54) is 35.3 Å². The van der Waals surface area contributed by atoms with Gasteiger partial charge in [0.15, 0.2) is 0 Å². The Kier molecular flexibility index (Phi) is 5.82. The van der Waals surface area contributed by atoms with Gasteiger partial charge >= 0.3 is 0 Å². The molecule has 2 heterocycles. The minimum absolute atomic E-state index is 0.0548. The zero-order valence-corrected chi connectivity index (χ0v) is 18.9. The van der Waals surface area contributed by atoms with Gasteiger partial charge < -0.3 is 14.6 Å². The summed E-state index contributed by atoms with van der Waals surface area (Å²) in [5.74, 6) is 0.848. The number of aryl methyl sites for hydroxylation is 2. The average molecular weight is 443 g/mol. The molecule has 0 aliphatic heterocycles. The normalized spacial score (nSPS) is 13.5. The highest BCUT2D eigenvalue weighted by Crippen LogP contribution is 2.27. The Morgan fingerprint density at radius 1 is 1.06 bits per heavy atom. The van der Waals surface area contributed by atoms with Gasteiger partial charge in [0, 0.05) is 23.6 Å². The van der Waals surface area contributed by atoms with Crippen molar-refractivity contribution in [3.8, 4) is 11.4 Å². The molecule has 0 fully saturated rings. The van der Waals surface area contributed by atoms with Crippen LogP contribution in [0, 0.1) is 0 Å². The third-order valence-electron chi connectivity index (χ3n) is 6.00. The molecule has 0 spiro atoms. The number of ether oxygens (including phenoxy) is 1. The quantitative estimate of drug-likeness (QED) is 0.376. The van der Waals surface area contributed by atoms with Gasteiger partial charge in [0.2, 0.25) is 0 Å². The summed E-state index contributed by atoms with van der Waals surface area (Å²) < 4.78 is 8.04. The van der Waals surface area contributed by atoms with Crippen molar-refractivity contribution in [1.82, 2.24) is 9.88 Å². The predicted octanol–water partition coefficient (Wildman–Crippen LogP) is 6.10. The Labute approximate surface area is 192 Å². The molecule has 1 aliphatic rings. The minimum Gasteiger partial charge on any atom is -0.489 e. The molecule has 2 aromatic carbocycles. The van der Waals surface area contributed by atoms with Gasteiger partial charge in [0.25, 0.3) is 5.91 Å². The maximum Gasteiger partial charge on any atom is 0.261 e. The van der Waals surface area contributed by atoms with E-state index in [1.54, 1.807) is 0 Å². The first-order chi connectivity index (χ1) is 15.7. The summed E-state index contributed by atoms with van der Waals surface area (Å²) in [6.45, 7) is 2.48. The van der Waals surface area contributed by atoms with E-state index in [2.05, 4.69) is 46.3 Å². The lowest BCUT2D eigenvalue weighted by Crippen LogP contribution is -2.25. The molecule has 1 atom stereocenters. The van der Waals surface area contributed by atoms with Gasteiger partial charge in [-0.3, -0.25) is 4.79 Å². The monoisotopic (exact) mass is 442 g/mol. The molecule has 5 heteroatoms. The fraction of sp³-hybridized carbons (Fsp3) is 0.222. The van der Waals surface area contributed by atoms with Gasteiger partial charge in [-0.1, -0.05) is 18.2 Å². The molecule has 0 saturated carbocycles. The molecular formula is C27H26N2O2S. The fourth-order valence-corrected chi connectivity index (χ4v) is 4.97. The van der Waals surface area contributed by atoms with Crippen LogP contribution in [0.5, 0.6) is 5.75 Å². The largest absolute Gasteiger partial charge is 0.489 e. The van der Waals surface area contributed by atoms with Gasteiger partial charge in [-0.15, -0.1) is 11.3 Å². The fourth-order valence-electron chi connectivity index (χ4n) is 4.17. The van der Waals surface area contributed by atoms with Crippen molar-refractivity contribution < 1.29 is 9.53 Å². The van der Waals surface area contributed by atoms with Crippen LogP contribution in [0.4, 0.5) is 0 Å². The van der Waals surface area contributed by atoms with Crippen LogP contribution in [-0.4, -0.2) is 10.5 Å². The van der Waals surface area contributed by atoms with Crippen LogP contribution in [0.3, 0.4) is 0 Å². The maximum atomic E-state index is 12.8. The molecule has 1 unspecified atom stereocenters. The number of rotatable bonds is 7. The minimum atomic E-state index is -0.0746. The number of hydrogen-bond acceptors (Lipinski definition) is 3. The number of benzene rings is 2. The van der Waals surface area contributed by atoms with E-state index < -0.39 is 0 Å². The Morgan fingerprint density at radius 2 is 1.84 bits per heavy atom. The van der Waals surface area contributed by atoms with Crippen molar-refractivity contribution in [2.24, 2.45) is 0 Å². The lowest BCUT2D eigenvalue weighted by Gasteiger charge is -2.14. The van der Waals surface area contributed by atoms with E-state index in [9.17, 15) is 4.79 Å². The second-order valence-electron chi connectivity index (χ2n) is 8.27. The van der Waals surface area contributed by atoms with E-state index in [4.69, 9.17) is 4.74 Å². The number of hydrogen-bond donors (Lipinski definition) is 1. The van der Waals surface area contributed by atoms with Gasteiger partial charge in [-0.25, -0.2) is 0 Å². The highest BCUT2D eigenvalue weighted by Gasteiger charge is 2.15. The number of aromatic nitrogens is 1. The zero-order valence-electron chi connectivity index (χ0n) is 18.1. The van der Waals surface area contributed by atoms with Gasteiger partial charge in [-0.2, -0.15) is 0 Å². The van der Waals surface area contributed by atoms with Crippen LogP contribution in [0.1, 0.15) is 51.3 Å². The summed E-state index contributed by atoms with van der Waals surface area (Å²) in [5, 5.41) is 5.10. The number of nitrogens with zero attached hydrogens (tertiary/aromatic N) is 1. The van der Waals surface area contributed by atoms with Gasteiger partial charge in [-0.05, 0) is 90.7 Å². The van der Waals surface area contributed by atoms with Crippen LogP contribution in [0.25, 0.3) is 5.69 Å². The van der Waals surface area contributed by atoms with Crippen LogP contribution in [0.2, 0.25) is 0 Å². The van der Waals surface area contributed by atoms with Gasteiger partial charge in [0.05, 0.1) is 10.9 Å². The van der Waals surface area contributed by atoms with Crippen molar-refractivity contribution in [3.05, 3.63) is 106 Å². The Hall–Kier alpha value is -3.31. The number of fused-ring (bicyclic) bond motifs is 1. The molecule has 32 heavy (non-hydrogen) atoms. The van der Waals surface area contributed by atoms with E-state index in [0.717, 1.165) is 29.0 Å². The van der Waals surface area contributed by atoms with E-state index in [1.807, 2.05) is 49.0 Å². The van der Waals surface area contributed by atoms with Gasteiger partial charge in [0.1, 0.15) is 12.4 Å². The molecule has 1 aliphatic carbocycles. The third-order valence-corrected chi connectivity index (χ3v) is 6.97. The summed E-state index contributed by atoms with van der Waals surface area (Å²) in [4.78, 5) is 13.5. The molecule has 1 amide bonds. The lowest BCUT2D eigenvalue weighted by molar-refractivity contribution is 0.0944. The summed E-state index contributed by atoms with van der Waals surface area (Å²) in [6.07, 6.45) is 7.58. The smallest absolute Gasteiger partial charge is 0.261 e. The van der Waals surface area contributed by atoms with Crippen LogP contribution >= 0.6 is 11.3 Å². The molecule has 4 aromatic rings. The molecular weight excluding hydrogens is 416 g/mol. The number of carbonyl (C=O) groups excluding carboxylic acids is 1. The summed E-state index contributed by atoms with van der Waals surface area (Å²) in [5.41, 5.74) is 6.04. The Bertz CT molecular complexity index is 1210. The summed E-state index contributed by atoms with van der Waals surface area (Å²) in [6, 6.07) is 20.5. The zero-order chi connectivity index (χ0) is 21.9. The Morgan fingerprint density at radius 3 is 2.66 bits per heavy atom. The molecule has 5 rings (SSSR count). The molecule has 162 valence electrons. The average Bonchev–Trinajstić information content (AvgIpc) is 3.59. The van der Waals surface area contributed by atoms with Crippen molar-refractivity contribution in [1.29, 1.82) is 0 Å². The van der Waals surface area contributed by atoms with E-state index in [0.29, 0.717) is 11.5 Å². The number of amides is 1. The third kappa shape index (κ3) is 4.48. The predicted molar refractivity (Wildman–Crippen MR) is 129 cm³/mol. The van der Waals surface area contributed by atoms with Crippen molar-refractivity contribution in [3.63, 3.8) is 0 Å². The molecule has 0 saturated heterocycles. The SMILES string of the molecule is CC(NC(=O)c1cc(COc2ccc3c(c2)CCC3)cs1)c1ccc(-n2cccc2)cc1. The molecule has 0 bridgehead atoms. The molecule has 1 N–H and O–H groups in total. The first-order valence-corrected chi connectivity index (χ1v) is 11.9. The first kappa shape index (κ1) is 20.6. The summed E-state index contributed by atoms with van der Waals surface area (Å²) >= 11 is 1.46.